The fourth-order valence-electron chi connectivity index (χ4n) is 2.78. The van der Waals surface area contributed by atoms with Gasteiger partial charge in [-0.2, -0.15) is 0 Å². The molecule has 0 fully saturated rings. The molecule has 0 bridgehead atoms. The summed E-state index contributed by atoms with van der Waals surface area (Å²) in [4.78, 5) is 23.9. The monoisotopic (exact) mass is 362 g/mol. The van der Waals surface area contributed by atoms with Crippen LogP contribution in [0.3, 0.4) is 0 Å². The number of rotatable bonds is 6. The topological polar surface area (TPSA) is 113 Å². The first-order valence-corrected chi connectivity index (χ1v) is 8.20. The highest BCUT2D eigenvalue weighted by atomic mass is 16.6. The third kappa shape index (κ3) is 4.64. The van der Waals surface area contributed by atoms with Gasteiger partial charge >= 0.3 is 5.97 Å². The number of esters is 1. The van der Waals surface area contributed by atoms with Crippen LogP contribution in [0, 0.1) is 5.92 Å². The number of aliphatic hydroxyl groups excluding tert-OH is 1. The highest BCUT2D eigenvalue weighted by Gasteiger charge is 2.33. The largest absolute Gasteiger partial charge is 0.504 e. The van der Waals surface area contributed by atoms with Gasteiger partial charge in [-0.15, -0.1) is 0 Å². The second kappa shape index (κ2) is 8.53. The molecule has 1 aliphatic rings. The Hall–Kier alpha value is -2.80. The van der Waals surface area contributed by atoms with E-state index in [1.54, 1.807) is 19.1 Å². The van der Waals surface area contributed by atoms with Crippen LogP contribution in [0.2, 0.25) is 0 Å². The highest BCUT2D eigenvalue weighted by molar-refractivity contribution is 5.95. The molecule has 2 atom stereocenters. The molecule has 1 aromatic rings. The molecule has 0 aliphatic carbocycles. The lowest BCUT2D eigenvalue weighted by Crippen LogP contribution is -2.30. The number of allylic oxidation sites excluding steroid dienone is 2. The Bertz CT molecular complexity index is 748. The van der Waals surface area contributed by atoms with E-state index in [0.29, 0.717) is 23.1 Å². The predicted molar refractivity (Wildman–Crippen MR) is 92.2 cm³/mol. The molecule has 0 saturated heterocycles. The average Bonchev–Trinajstić information content (AvgIpc) is 2.58. The Morgan fingerprint density at radius 2 is 2.00 bits per heavy atom. The number of hydrogen-bond donors (Lipinski definition) is 3. The van der Waals surface area contributed by atoms with Gasteiger partial charge < -0.3 is 24.8 Å². The van der Waals surface area contributed by atoms with Crippen molar-refractivity contribution in [2.75, 3.05) is 6.61 Å². The average molecular weight is 362 g/mol. The number of phenolic OH excluding ortho intramolecular Hbond substituents is 2. The molecule has 0 radical (unpaired) electrons. The second-order valence-electron chi connectivity index (χ2n) is 5.96. The Kier molecular flexibility index (Phi) is 6.41. The van der Waals surface area contributed by atoms with Crippen LogP contribution in [-0.2, 0) is 25.5 Å². The van der Waals surface area contributed by atoms with Crippen molar-refractivity contribution < 1.29 is 34.4 Å². The molecule has 1 heterocycles. The Morgan fingerprint density at radius 3 is 2.62 bits per heavy atom. The minimum Gasteiger partial charge on any atom is -0.504 e. The summed E-state index contributed by atoms with van der Waals surface area (Å²) in [6.45, 7) is 3.15. The van der Waals surface area contributed by atoms with E-state index in [1.165, 1.54) is 25.3 Å². The lowest BCUT2D eigenvalue weighted by Gasteiger charge is -2.29. The number of aliphatic hydroxyl groups is 1. The van der Waals surface area contributed by atoms with Gasteiger partial charge in [0.1, 0.15) is 0 Å². The zero-order valence-corrected chi connectivity index (χ0v) is 14.6. The molecule has 2 rings (SSSR count). The predicted octanol–water partition coefficient (Wildman–Crippen LogP) is 1.96. The molecule has 0 aromatic heterocycles. The van der Waals surface area contributed by atoms with Gasteiger partial charge in [0.2, 0.25) is 6.29 Å². The summed E-state index contributed by atoms with van der Waals surface area (Å²) in [5, 5.41) is 28.6. The highest BCUT2D eigenvalue weighted by Crippen LogP contribution is 2.32. The molecule has 0 spiro atoms. The summed E-state index contributed by atoms with van der Waals surface area (Å²) >= 11 is 0. The SMILES string of the molecule is C/C=C1\[C@H](O)OC=C(C(C)=O)[C@H]1CC(=O)OCCc1ccc(O)c(O)c1. The van der Waals surface area contributed by atoms with Crippen LogP contribution in [0.1, 0.15) is 25.8 Å². The van der Waals surface area contributed by atoms with Gasteiger partial charge in [-0.05, 0) is 31.5 Å². The number of phenols is 2. The normalized spacial score (nSPS) is 21.0. The summed E-state index contributed by atoms with van der Waals surface area (Å²) in [5.74, 6) is -1.80. The molecular weight excluding hydrogens is 340 g/mol. The summed E-state index contributed by atoms with van der Waals surface area (Å²) in [7, 11) is 0. The maximum atomic E-state index is 12.2. The third-order valence-corrected chi connectivity index (χ3v) is 4.19. The minimum absolute atomic E-state index is 0.0825. The summed E-state index contributed by atoms with van der Waals surface area (Å²) in [6.07, 6.45) is 1.89. The third-order valence-electron chi connectivity index (χ3n) is 4.19. The number of benzene rings is 1. The van der Waals surface area contributed by atoms with E-state index in [2.05, 4.69) is 0 Å². The lowest BCUT2D eigenvalue weighted by molar-refractivity contribution is -0.144. The molecule has 0 saturated carbocycles. The van der Waals surface area contributed by atoms with Gasteiger partial charge in [-0.3, -0.25) is 9.59 Å². The van der Waals surface area contributed by atoms with E-state index in [4.69, 9.17) is 9.47 Å². The summed E-state index contributed by atoms with van der Waals surface area (Å²) < 4.78 is 10.2. The fourth-order valence-corrected chi connectivity index (χ4v) is 2.78. The summed E-state index contributed by atoms with van der Waals surface area (Å²) in [5.41, 5.74) is 1.45. The van der Waals surface area contributed by atoms with Crippen LogP contribution >= 0.6 is 0 Å². The maximum Gasteiger partial charge on any atom is 0.306 e. The van der Waals surface area contributed by atoms with Gasteiger partial charge in [0.25, 0.3) is 0 Å². The molecule has 7 nitrogen and oxygen atoms in total. The van der Waals surface area contributed by atoms with Crippen molar-refractivity contribution in [2.45, 2.75) is 33.0 Å². The molecule has 1 aliphatic heterocycles. The minimum atomic E-state index is -1.19. The number of ketones is 1. The molecule has 0 amide bonds. The number of carbonyl (C=O) groups is 2. The van der Waals surface area contributed by atoms with Crippen LogP contribution < -0.4 is 0 Å². The van der Waals surface area contributed by atoms with Gasteiger partial charge in [-0.25, -0.2) is 0 Å². The van der Waals surface area contributed by atoms with Gasteiger partial charge in [-0.1, -0.05) is 12.1 Å². The first kappa shape index (κ1) is 19.5. The van der Waals surface area contributed by atoms with Crippen molar-refractivity contribution in [3.63, 3.8) is 0 Å². The molecular formula is C19H22O7. The van der Waals surface area contributed by atoms with Crippen LogP contribution in [0.15, 0.2) is 41.7 Å². The summed E-state index contributed by atoms with van der Waals surface area (Å²) in [6, 6.07) is 4.37. The van der Waals surface area contributed by atoms with E-state index >= 15 is 0 Å². The van der Waals surface area contributed by atoms with Crippen molar-refractivity contribution in [2.24, 2.45) is 5.92 Å². The smallest absolute Gasteiger partial charge is 0.306 e. The standard InChI is InChI=1S/C19H22O7/c1-3-13-14(15(11(2)20)10-26-19(13)24)9-18(23)25-7-6-12-4-5-16(21)17(22)8-12/h3-5,8,10,14,19,21-22,24H,6-7,9H2,1-2H3/b13-3-/t14-,19+/m0/s1. The van der Waals surface area contributed by atoms with E-state index in [9.17, 15) is 24.9 Å². The van der Waals surface area contributed by atoms with Gasteiger partial charge in [0.15, 0.2) is 17.3 Å². The van der Waals surface area contributed by atoms with Gasteiger partial charge in [0.05, 0.1) is 19.3 Å². The van der Waals surface area contributed by atoms with Crippen molar-refractivity contribution in [1.29, 1.82) is 0 Å². The van der Waals surface area contributed by atoms with Crippen LogP contribution in [0.4, 0.5) is 0 Å². The molecule has 1 aromatic carbocycles. The number of hydrogen-bond acceptors (Lipinski definition) is 7. The van der Waals surface area contributed by atoms with E-state index in [-0.39, 0.29) is 30.3 Å². The Morgan fingerprint density at radius 1 is 1.27 bits per heavy atom. The number of carbonyl (C=O) groups excluding carboxylic acids is 2. The zero-order valence-electron chi connectivity index (χ0n) is 14.6. The first-order chi connectivity index (χ1) is 12.3. The van der Waals surface area contributed by atoms with Crippen LogP contribution in [0.5, 0.6) is 11.5 Å². The van der Waals surface area contributed by atoms with Crippen molar-refractivity contribution in [3.05, 3.63) is 47.2 Å². The van der Waals surface area contributed by atoms with E-state index < -0.39 is 18.2 Å². The molecule has 3 N–H and O–H groups in total. The molecule has 26 heavy (non-hydrogen) atoms. The number of Topliss-reactive ketones (excluding diaryl/α,β-unsaturated/α-hetero) is 1. The van der Waals surface area contributed by atoms with Crippen molar-refractivity contribution in [3.8, 4) is 11.5 Å². The maximum absolute atomic E-state index is 12.2. The van der Waals surface area contributed by atoms with Gasteiger partial charge in [0, 0.05) is 23.5 Å². The van der Waals surface area contributed by atoms with Crippen LogP contribution in [0.25, 0.3) is 0 Å². The second-order valence-corrected chi connectivity index (χ2v) is 5.96. The van der Waals surface area contributed by atoms with E-state index in [0.717, 1.165) is 0 Å². The quantitative estimate of drug-likeness (QED) is 0.403. The molecule has 0 unspecified atom stereocenters. The van der Waals surface area contributed by atoms with Crippen LogP contribution in [-0.4, -0.2) is 40.0 Å². The first-order valence-electron chi connectivity index (χ1n) is 8.20. The van der Waals surface area contributed by atoms with Crippen molar-refractivity contribution in [1.82, 2.24) is 0 Å². The van der Waals surface area contributed by atoms with E-state index in [1.807, 2.05) is 0 Å². The molecule has 140 valence electrons. The number of aromatic hydroxyl groups is 2. The number of ether oxygens (including phenoxy) is 2. The fraction of sp³-hybridized carbons (Fsp3) is 0.368. The molecule has 7 heteroatoms. The zero-order chi connectivity index (χ0) is 19.3. The Balaban J connectivity index is 1.96. The lowest BCUT2D eigenvalue weighted by atomic mass is 9.84. The van der Waals surface area contributed by atoms with Crippen molar-refractivity contribution >= 4 is 11.8 Å². The Labute approximate surface area is 151 Å².